The second-order valence-corrected chi connectivity index (χ2v) is 9.22. The van der Waals surface area contributed by atoms with Gasteiger partial charge in [-0.2, -0.15) is 5.10 Å². The molecule has 0 radical (unpaired) electrons. The van der Waals surface area contributed by atoms with Gasteiger partial charge in [0.2, 0.25) is 0 Å². The van der Waals surface area contributed by atoms with Crippen LogP contribution in [0.5, 0.6) is 5.75 Å². The predicted octanol–water partition coefficient (Wildman–Crippen LogP) is 2.34. The van der Waals surface area contributed by atoms with Crippen LogP contribution in [0, 0.1) is 20.8 Å². The maximum atomic E-state index is 11.7. The number of benzene rings is 1. The molecular weight excluding hydrogens is 350 g/mol. The summed E-state index contributed by atoms with van der Waals surface area (Å²) in [5.41, 5.74) is 4.37. The highest BCUT2D eigenvalue weighted by atomic mass is 32.2. The first kappa shape index (κ1) is 18.9. The molecule has 142 valence electrons. The first-order valence-corrected chi connectivity index (χ1v) is 10.8. The van der Waals surface area contributed by atoms with E-state index in [1.54, 1.807) is 0 Å². The zero-order chi connectivity index (χ0) is 18.7. The highest BCUT2D eigenvalue weighted by molar-refractivity contribution is 7.91. The summed E-state index contributed by atoms with van der Waals surface area (Å²) in [5, 5.41) is 7.98. The lowest BCUT2D eigenvalue weighted by Crippen LogP contribution is -2.21. The third kappa shape index (κ3) is 4.45. The Morgan fingerprint density at radius 3 is 2.62 bits per heavy atom. The Balaban J connectivity index is 1.51. The van der Waals surface area contributed by atoms with Crippen LogP contribution in [0.3, 0.4) is 0 Å². The smallest absolute Gasteiger partial charge is 0.152 e. The van der Waals surface area contributed by atoms with Gasteiger partial charge in [-0.25, -0.2) is 8.42 Å². The van der Waals surface area contributed by atoms with E-state index in [9.17, 15) is 8.42 Å². The van der Waals surface area contributed by atoms with E-state index in [1.807, 2.05) is 42.8 Å². The highest BCUT2D eigenvalue weighted by Crippen LogP contribution is 2.26. The molecule has 0 saturated carbocycles. The van der Waals surface area contributed by atoms with Crippen molar-refractivity contribution in [3.05, 3.63) is 46.8 Å². The minimum Gasteiger partial charge on any atom is -0.492 e. The minimum absolute atomic E-state index is 0.0303. The van der Waals surface area contributed by atoms with Crippen LogP contribution in [0.25, 0.3) is 0 Å². The summed E-state index contributed by atoms with van der Waals surface area (Å²) in [7, 11) is -2.91. The average Bonchev–Trinajstić information content (AvgIpc) is 3.09. The van der Waals surface area contributed by atoms with E-state index in [2.05, 4.69) is 17.3 Å². The number of aromatic nitrogens is 2. The molecule has 26 heavy (non-hydrogen) atoms. The Morgan fingerprint density at radius 1 is 1.23 bits per heavy atom. The molecule has 2 heterocycles. The van der Waals surface area contributed by atoms with Gasteiger partial charge in [0, 0.05) is 24.3 Å². The molecule has 3 rings (SSSR count). The van der Waals surface area contributed by atoms with Crippen LogP contribution in [0.2, 0.25) is 0 Å². The van der Waals surface area contributed by atoms with Gasteiger partial charge in [0.05, 0.1) is 23.2 Å². The van der Waals surface area contributed by atoms with Crippen LogP contribution in [0.1, 0.15) is 35.0 Å². The summed E-state index contributed by atoms with van der Waals surface area (Å²) in [6, 6.07) is 7.99. The van der Waals surface area contributed by atoms with Crippen molar-refractivity contribution >= 4 is 9.84 Å². The van der Waals surface area contributed by atoms with Crippen LogP contribution < -0.4 is 10.1 Å². The molecule has 0 spiro atoms. The van der Waals surface area contributed by atoms with E-state index in [4.69, 9.17) is 4.74 Å². The fourth-order valence-corrected chi connectivity index (χ4v) is 5.06. The molecule has 1 fully saturated rings. The van der Waals surface area contributed by atoms with Crippen LogP contribution in [0.4, 0.5) is 0 Å². The number of hydrogen-bond acceptors (Lipinski definition) is 5. The van der Waals surface area contributed by atoms with E-state index in [0.29, 0.717) is 19.6 Å². The second kappa shape index (κ2) is 7.80. The minimum atomic E-state index is -2.91. The lowest BCUT2D eigenvalue weighted by molar-refractivity contribution is 0.313. The Labute approximate surface area is 155 Å². The van der Waals surface area contributed by atoms with Crippen molar-refractivity contribution in [3.63, 3.8) is 0 Å². The average molecular weight is 378 g/mol. The summed E-state index contributed by atoms with van der Waals surface area (Å²) < 4.78 is 31.1. The zero-order valence-electron chi connectivity index (χ0n) is 15.7. The molecular formula is C19H27N3O3S. The van der Waals surface area contributed by atoms with Crippen molar-refractivity contribution in [1.29, 1.82) is 0 Å². The van der Waals surface area contributed by atoms with Gasteiger partial charge in [-0.1, -0.05) is 17.7 Å². The van der Waals surface area contributed by atoms with Gasteiger partial charge in [0.15, 0.2) is 9.84 Å². The van der Waals surface area contributed by atoms with Gasteiger partial charge in [-0.05, 0) is 39.3 Å². The van der Waals surface area contributed by atoms with Gasteiger partial charge in [-0.3, -0.25) is 4.68 Å². The van der Waals surface area contributed by atoms with Gasteiger partial charge < -0.3 is 10.1 Å². The van der Waals surface area contributed by atoms with Crippen molar-refractivity contribution in [2.24, 2.45) is 0 Å². The van der Waals surface area contributed by atoms with Gasteiger partial charge in [-0.15, -0.1) is 0 Å². The lowest BCUT2D eigenvalue weighted by Gasteiger charge is -2.12. The van der Waals surface area contributed by atoms with Crippen molar-refractivity contribution in [2.45, 2.75) is 39.8 Å². The summed E-state index contributed by atoms with van der Waals surface area (Å²) in [5.74, 6) is 1.34. The van der Waals surface area contributed by atoms with E-state index < -0.39 is 9.84 Å². The summed E-state index contributed by atoms with van der Waals surface area (Å²) in [4.78, 5) is 0. The molecule has 7 heteroatoms. The maximum absolute atomic E-state index is 11.7. The van der Waals surface area contributed by atoms with Crippen molar-refractivity contribution in [1.82, 2.24) is 15.1 Å². The molecule has 0 aliphatic carbocycles. The van der Waals surface area contributed by atoms with Crippen LogP contribution >= 0.6 is 0 Å². The zero-order valence-corrected chi connectivity index (χ0v) is 16.5. The number of rotatable bonds is 7. The number of nitrogens with one attached hydrogen (secondary N) is 1. The molecule has 1 unspecified atom stereocenters. The molecule has 1 aliphatic rings. The largest absolute Gasteiger partial charge is 0.492 e. The number of sulfone groups is 1. The quantitative estimate of drug-likeness (QED) is 0.750. The molecule has 6 nitrogen and oxygen atoms in total. The SMILES string of the molecule is Cc1ccc(OCCNCc2c(C)nn(C3CCS(=O)(=O)C3)c2C)cc1. The molecule has 2 aromatic rings. The van der Waals surface area contributed by atoms with Crippen LogP contribution in [0.15, 0.2) is 24.3 Å². The number of ether oxygens (including phenoxy) is 1. The topological polar surface area (TPSA) is 73.2 Å². The molecule has 1 atom stereocenters. The Bertz CT molecular complexity index is 857. The van der Waals surface area contributed by atoms with Gasteiger partial charge in [0.25, 0.3) is 0 Å². The van der Waals surface area contributed by atoms with Crippen LogP contribution in [-0.2, 0) is 16.4 Å². The maximum Gasteiger partial charge on any atom is 0.152 e. The van der Waals surface area contributed by atoms with E-state index >= 15 is 0 Å². The van der Waals surface area contributed by atoms with E-state index in [1.165, 1.54) is 5.56 Å². The third-order valence-corrected chi connectivity index (χ3v) is 6.65. The molecule has 1 saturated heterocycles. The Hall–Kier alpha value is -1.86. The fraction of sp³-hybridized carbons (Fsp3) is 0.526. The van der Waals surface area contributed by atoms with Crippen molar-refractivity contribution in [2.75, 3.05) is 24.7 Å². The number of nitrogens with zero attached hydrogens (tertiary/aromatic N) is 2. The first-order chi connectivity index (χ1) is 12.4. The van der Waals surface area contributed by atoms with Gasteiger partial charge in [0.1, 0.15) is 12.4 Å². The van der Waals surface area contributed by atoms with Crippen LogP contribution in [-0.4, -0.2) is 42.9 Å². The second-order valence-electron chi connectivity index (χ2n) is 6.99. The number of aryl methyl sites for hydroxylation is 2. The van der Waals surface area contributed by atoms with E-state index in [0.717, 1.165) is 29.2 Å². The molecule has 1 N–H and O–H groups in total. The molecule has 0 amide bonds. The lowest BCUT2D eigenvalue weighted by atomic mass is 10.2. The number of hydrogen-bond donors (Lipinski definition) is 1. The van der Waals surface area contributed by atoms with Crippen molar-refractivity contribution < 1.29 is 13.2 Å². The first-order valence-electron chi connectivity index (χ1n) is 9.01. The monoisotopic (exact) mass is 377 g/mol. The third-order valence-electron chi connectivity index (χ3n) is 4.90. The highest BCUT2D eigenvalue weighted by Gasteiger charge is 2.31. The molecule has 1 aromatic heterocycles. The normalized spacial score (nSPS) is 19.0. The Morgan fingerprint density at radius 2 is 1.96 bits per heavy atom. The summed E-state index contributed by atoms with van der Waals surface area (Å²) in [6.45, 7) is 8.08. The summed E-state index contributed by atoms with van der Waals surface area (Å²) >= 11 is 0. The molecule has 1 aliphatic heterocycles. The summed E-state index contributed by atoms with van der Waals surface area (Å²) in [6.07, 6.45) is 0.654. The Kier molecular flexibility index (Phi) is 5.67. The molecule has 1 aromatic carbocycles. The van der Waals surface area contributed by atoms with Crippen molar-refractivity contribution in [3.8, 4) is 5.75 Å². The molecule has 0 bridgehead atoms. The van der Waals surface area contributed by atoms with Gasteiger partial charge >= 0.3 is 0 Å². The van der Waals surface area contributed by atoms with E-state index in [-0.39, 0.29) is 17.5 Å². The predicted molar refractivity (Wildman–Crippen MR) is 102 cm³/mol. The standard InChI is InChI=1S/C19H27N3O3S/c1-14-4-6-18(7-5-14)25-10-9-20-12-19-15(2)21-22(16(19)3)17-8-11-26(23,24)13-17/h4-7,17,20H,8-13H2,1-3H3. The fourth-order valence-electron chi connectivity index (χ4n) is 3.37.